The van der Waals surface area contributed by atoms with Gasteiger partial charge in [-0.2, -0.15) is 5.10 Å². The normalized spacial score (nSPS) is 10.8. The summed E-state index contributed by atoms with van der Waals surface area (Å²) in [6, 6.07) is 2.06. The van der Waals surface area contributed by atoms with Crippen LogP contribution >= 0.6 is 20.7 Å². The number of aromatic nitrogens is 2. The molecule has 4 heteroatoms. The molecule has 2 aromatic rings. The van der Waals surface area contributed by atoms with Gasteiger partial charge in [-0.25, -0.2) is 4.45 Å². The van der Waals surface area contributed by atoms with Gasteiger partial charge in [0.15, 0.2) is 0 Å². The van der Waals surface area contributed by atoms with Crippen molar-refractivity contribution in [2.45, 2.75) is 0 Å². The fourth-order valence-electron chi connectivity index (χ4n) is 0.777. The number of hydrogen-bond donors (Lipinski definition) is 0. The SMILES string of the molecule is Pn1ncc2sccc21. The van der Waals surface area contributed by atoms with Gasteiger partial charge in [0.05, 0.1) is 16.4 Å². The first-order chi connectivity index (χ1) is 4.38. The second-order valence-corrected chi connectivity index (χ2v) is 3.20. The third kappa shape index (κ3) is 0.689. The fraction of sp³-hybridized carbons (Fsp3) is 0. The largest absolute Gasteiger partial charge is 0.250 e. The molecule has 0 bridgehead atoms. The predicted octanol–water partition coefficient (Wildman–Crippen LogP) is 1.74. The average molecular weight is 156 g/mol. The van der Waals surface area contributed by atoms with Crippen LogP contribution in [0.3, 0.4) is 0 Å². The zero-order valence-corrected chi connectivity index (χ0v) is 6.58. The van der Waals surface area contributed by atoms with Crippen LogP contribution in [-0.2, 0) is 0 Å². The van der Waals surface area contributed by atoms with E-state index >= 15 is 0 Å². The number of hydrogen-bond acceptors (Lipinski definition) is 2. The van der Waals surface area contributed by atoms with Gasteiger partial charge in [0.25, 0.3) is 0 Å². The third-order valence-electron chi connectivity index (χ3n) is 1.22. The Morgan fingerprint density at radius 1 is 1.67 bits per heavy atom. The van der Waals surface area contributed by atoms with Crippen molar-refractivity contribution in [3.63, 3.8) is 0 Å². The van der Waals surface area contributed by atoms with Gasteiger partial charge in [0.1, 0.15) is 0 Å². The van der Waals surface area contributed by atoms with Crippen LogP contribution in [0.25, 0.3) is 10.2 Å². The highest BCUT2D eigenvalue weighted by Gasteiger charge is 1.96. The molecule has 0 aliphatic rings. The quantitative estimate of drug-likeness (QED) is 0.531. The van der Waals surface area contributed by atoms with Crippen molar-refractivity contribution in [2.24, 2.45) is 0 Å². The van der Waals surface area contributed by atoms with Gasteiger partial charge in [0, 0.05) is 0 Å². The zero-order valence-electron chi connectivity index (χ0n) is 4.61. The molecule has 0 spiro atoms. The van der Waals surface area contributed by atoms with Crippen molar-refractivity contribution in [3.8, 4) is 0 Å². The maximum atomic E-state index is 4.05. The van der Waals surface area contributed by atoms with Gasteiger partial charge in [-0.05, 0) is 20.8 Å². The monoisotopic (exact) mass is 156 g/mol. The van der Waals surface area contributed by atoms with Gasteiger partial charge in [-0.15, -0.1) is 11.3 Å². The molecule has 0 amide bonds. The molecule has 46 valence electrons. The Morgan fingerprint density at radius 3 is 3.33 bits per heavy atom. The number of nitrogens with zero attached hydrogens (tertiary/aromatic N) is 2. The maximum absolute atomic E-state index is 4.05. The van der Waals surface area contributed by atoms with E-state index in [2.05, 4.69) is 25.9 Å². The van der Waals surface area contributed by atoms with E-state index in [9.17, 15) is 0 Å². The summed E-state index contributed by atoms with van der Waals surface area (Å²) in [6.45, 7) is 0. The van der Waals surface area contributed by atoms with Gasteiger partial charge in [-0.1, -0.05) is 0 Å². The van der Waals surface area contributed by atoms with E-state index in [1.807, 2.05) is 6.20 Å². The average Bonchev–Trinajstić information content (AvgIpc) is 2.35. The number of thiophene rings is 1. The van der Waals surface area contributed by atoms with Crippen molar-refractivity contribution < 1.29 is 0 Å². The Morgan fingerprint density at radius 2 is 2.56 bits per heavy atom. The molecule has 0 N–H and O–H groups in total. The number of rotatable bonds is 0. The molecule has 0 saturated heterocycles. The van der Waals surface area contributed by atoms with E-state index in [1.54, 1.807) is 15.8 Å². The molecule has 9 heavy (non-hydrogen) atoms. The summed E-state index contributed by atoms with van der Waals surface area (Å²) in [5.41, 5.74) is 1.19. The molecule has 2 heterocycles. The predicted molar refractivity (Wildman–Crippen MR) is 42.7 cm³/mol. The Bertz CT molecular complexity index is 324. The summed E-state index contributed by atoms with van der Waals surface area (Å²) in [5.74, 6) is 0. The van der Waals surface area contributed by atoms with Gasteiger partial charge in [0.2, 0.25) is 0 Å². The zero-order chi connectivity index (χ0) is 6.27. The lowest BCUT2D eigenvalue weighted by atomic mass is 10.5. The first-order valence-electron chi connectivity index (χ1n) is 2.54. The van der Waals surface area contributed by atoms with Gasteiger partial charge < -0.3 is 0 Å². The lowest BCUT2D eigenvalue weighted by molar-refractivity contribution is 1.04. The summed E-state index contributed by atoms with van der Waals surface area (Å²) in [4.78, 5) is 0. The van der Waals surface area contributed by atoms with E-state index in [4.69, 9.17) is 0 Å². The van der Waals surface area contributed by atoms with Crippen molar-refractivity contribution in [1.82, 2.24) is 9.55 Å². The molecule has 0 aliphatic heterocycles. The lowest BCUT2D eigenvalue weighted by Gasteiger charge is -1.83. The minimum absolute atomic E-state index is 1.19. The van der Waals surface area contributed by atoms with E-state index in [1.165, 1.54) is 10.2 Å². The molecule has 0 fully saturated rings. The summed E-state index contributed by atoms with van der Waals surface area (Å²) in [7, 11) is 2.53. The lowest BCUT2D eigenvalue weighted by Crippen LogP contribution is -1.75. The second kappa shape index (κ2) is 1.79. The van der Waals surface area contributed by atoms with Crippen molar-refractivity contribution in [2.75, 3.05) is 0 Å². The maximum Gasteiger partial charge on any atom is 0.0825 e. The van der Waals surface area contributed by atoms with Crippen molar-refractivity contribution in [1.29, 1.82) is 0 Å². The highest BCUT2D eigenvalue weighted by molar-refractivity contribution is 7.18. The van der Waals surface area contributed by atoms with E-state index in [0.717, 1.165) is 0 Å². The van der Waals surface area contributed by atoms with Crippen molar-refractivity contribution in [3.05, 3.63) is 17.6 Å². The van der Waals surface area contributed by atoms with Crippen LogP contribution in [0.1, 0.15) is 0 Å². The molecular weight excluding hydrogens is 151 g/mol. The summed E-state index contributed by atoms with van der Waals surface area (Å²) in [5, 5.41) is 6.11. The number of fused-ring (bicyclic) bond motifs is 1. The Balaban J connectivity index is 2.99. The van der Waals surface area contributed by atoms with E-state index in [0.29, 0.717) is 0 Å². The highest BCUT2D eigenvalue weighted by atomic mass is 32.1. The van der Waals surface area contributed by atoms with Crippen LogP contribution in [0.15, 0.2) is 17.6 Å². The molecule has 0 saturated carbocycles. The van der Waals surface area contributed by atoms with Crippen molar-refractivity contribution >= 4 is 30.9 Å². The Labute approximate surface area is 58.7 Å². The molecule has 0 radical (unpaired) electrons. The Hall–Kier alpha value is -0.400. The summed E-state index contributed by atoms with van der Waals surface area (Å²) < 4.78 is 3.04. The van der Waals surface area contributed by atoms with Crippen LogP contribution in [-0.4, -0.2) is 9.55 Å². The Kier molecular flexibility index (Phi) is 1.07. The second-order valence-electron chi connectivity index (χ2n) is 1.76. The summed E-state index contributed by atoms with van der Waals surface area (Å²) in [6.07, 6.45) is 1.87. The first kappa shape index (κ1) is 5.39. The van der Waals surface area contributed by atoms with Gasteiger partial charge >= 0.3 is 0 Å². The topological polar surface area (TPSA) is 17.8 Å². The molecule has 2 rings (SSSR count). The van der Waals surface area contributed by atoms with Crippen LogP contribution in [0.5, 0.6) is 0 Å². The fourth-order valence-corrected chi connectivity index (χ4v) is 1.90. The minimum Gasteiger partial charge on any atom is -0.250 e. The van der Waals surface area contributed by atoms with Gasteiger partial charge in [-0.3, -0.25) is 0 Å². The standard InChI is InChI=1S/C5H5N2PS/c8-7-4-1-2-9-5(4)3-6-7/h1-3H,8H2. The minimum atomic E-state index is 1.19. The molecule has 2 nitrogen and oxygen atoms in total. The van der Waals surface area contributed by atoms with E-state index in [-0.39, 0.29) is 0 Å². The molecular formula is C5H5N2PS. The van der Waals surface area contributed by atoms with Crippen LogP contribution in [0.2, 0.25) is 0 Å². The molecule has 0 aromatic carbocycles. The molecule has 1 atom stereocenters. The van der Waals surface area contributed by atoms with Crippen LogP contribution < -0.4 is 0 Å². The summed E-state index contributed by atoms with van der Waals surface area (Å²) >= 11 is 1.71. The van der Waals surface area contributed by atoms with Crippen LogP contribution in [0, 0.1) is 0 Å². The first-order valence-corrected chi connectivity index (χ1v) is 3.94. The highest BCUT2D eigenvalue weighted by Crippen LogP contribution is 2.20. The molecule has 0 aliphatic carbocycles. The third-order valence-corrected chi connectivity index (χ3v) is 2.47. The smallest absolute Gasteiger partial charge is 0.0825 e. The van der Waals surface area contributed by atoms with E-state index < -0.39 is 0 Å². The molecule has 2 aromatic heterocycles. The van der Waals surface area contributed by atoms with Crippen LogP contribution in [0.4, 0.5) is 0 Å². The molecule has 1 unspecified atom stereocenters.